The Hall–Kier alpha value is -0.0900. The molecule has 96 valence electrons. The normalized spacial score (nSPS) is 31.6. The Morgan fingerprint density at radius 2 is 1.88 bits per heavy atom. The molecule has 0 radical (unpaired) electrons. The van der Waals surface area contributed by atoms with Crippen molar-refractivity contribution in [1.29, 1.82) is 0 Å². The van der Waals surface area contributed by atoms with Crippen molar-refractivity contribution in [2.45, 2.75) is 52.4 Å². The second kappa shape index (κ2) is 6.01. The van der Waals surface area contributed by atoms with Crippen molar-refractivity contribution < 1.29 is 13.0 Å². The second-order valence-corrected chi connectivity index (χ2v) is 7.01. The third-order valence-corrected chi connectivity index (χ3v) is 4.66. The minimum Gasteiger partial charge on any atom is -0.286 e. The van der Waals surface area contributed by atoms with E-state index in [1.54, 1.807) is 0 Å². The van der Waals surface area contributed by atoms with Gasteiger partial charge in [-0.15, -0.1) is 0 Å². The zero-order valence-corrected chi connectivity index (χ0v) is 11.2. The van der Waals surface area contributed by atoms with E-state index in [-0.39, 0.29) is 5.75 Å². The first-order valence-corrected chi connectivity index (χ1v) is 7.94. The van der Waals surface area contributed by atoms with Crippen LogP contribution >= 0.6 is 0 Å². The van der Waals surface area contributed by atoms with E-state index in [2.05, 4.69) is 13.8 Å². The lowest BCUT2D eigenvalue weighted by Crippen LogP contribution is -2.21. The largest absolute Gasteiger partial charge is 0.286 e. The highest BCUT2D eigenvalue weighted by atomic mass is 32.2. The van der Waals surface area contributed by atoms with E-state index in [1.165, 1.54) is 19.3 Å². The quantitative estimate of drug-likeness (QED) is 0.601. The molecule has 0 saturated heterocycles. The highest BCUT2D eigenvalue weighted by Gasteiger charge is 2.24. The molecule has 0 amide bonds. The summed E-state index contributed by atoms with van der Waals surface area (Å²) >= 11 is 0. The Balaban J connectivity index is 2.21. The molecule has 1 aliphatic carbocycles. The van der Waals surface area contributed by atoms with Crippen molar-refractivity contribution in [1.82, 2.24) is 0 Å². The minimum absolute atomic E-state index is 0.0797. The van der Waals surface area contributed by atoms with Crippen molar-refractivity contribution >= 4 is 10.1 Å². The van der Waals surface area contributed by atoms with Gasteiger partial charge in [0.05, 0.1) is 5.75 Å². The molecule has 0 aromatic carbocycles. The van der Waals surface area contributed by atoms with E-state index in [9.17, 15) is 8.42 Å². The average Bonchev–Trinajstić information content (AvgIpc) is 2.16. The van der Waals surface area contributed by atoms with Crippen LogP contribution in [0.1, 0.15) is 52.4 Å². The van der Waals surface area contributed by atoms with Crippen molar-refractivity contribution in [3.63, 3.8) is 0 Å². The smallest absolute Gasteiger partial charge is 0.264 e. The molecule has 0 aromatic rings. The van der Waals surface area contributed by atoms with Crippen LogP contribution in [0.3, 0.4) is 0 Å². The first-order valence-electron chi connectivity index (χ1n) is 6.33. The lowest BCUT2D eigenvalue weighted by atomic mass is 9.73. The Morgan fingerprint density at radius 1 is 1.19 bits per heavy atom. The van der Waals surface area contributed by atoms with E-state index in [4.69, 9.17) is 4.55 Å². The molecule has 3 nitrogen and oxygen atoms in total. The molecule has 3 atom stereocenters. The number of unbranched alkanes of at least 4 members (excludes halogenated alkanes) is 1. The van der Waals surface area contributed by atoms with Crippen LogP contribution in [-0.2, 0) is 10.1 Å². The predicted molar refractivity (Wildman–Crippen MR) is 65.9 cm³/mol. The van der Waals surface area contributed by atoms with Gasteiger partial charge in [0.2, 0.25) is 0 Å². The maximum Gasteiger partial charge on any atom is 0.264 e. The van der Waals surface area contributed by atoms with E-state index in [0.29, 0.717) is 6.42 Å². The van der Waals surface area contributed by atoms with Crippen LogP contribution in [0.15, 0.2) is 0 Å². The van der Waals surface area contributed by atoms with Crippen LogP contribution in [0.2, 0.25) is 0 Å². The molecule has 1 rings (SSSR count). The minimum atomic E-state index is -3.75. The molecule has 0 aliphatic heterocycles. The lowest BCUT2D eigenvalue weighted by Gasteiger charge is -2.32. The Kier molecular flexibility index (Phi) is 5.25. The standard InChI is InChI=1S/C12H24O3S/c1-10-6-7-11(2)12(9-10)5-3-4-8-16(13,14)15/h10-12H,3-9H2,1-2H3,(H,13,14,15)/t10-,11+,12-/m1/s1. The summed E-state index contributed by atoms with van der Waals surface area (Å²) in [5.41, 5.74) is 0. The molecule has 1 N–H and O–H groups in total. The molecule has 1 saturated carbocycles. The van der Waals surface area contributed by atoms with E-state index in [1.807, 2.05) is 0 Å². The number of rotatable bonds is 5. The van der Waals surface area contributed by atoms with Gasteiger partial charge in [-0.1, -0.05) is 39.5 Å². The van der Waals surface area contributed by atoms with Gasteiger partial charge in [0, 0.05) is 0 Å². The van der Waals surface area contributed by atoms with Crippen LogP contribution in [0, 0.1) is 17.8 Å². The first-order chi connectivity index (χ1) is 7.38. The van der Waals surface area contributed by atoms with Crippen LogP contribution < -0.4 is 0 Å². The summed E-state index contributed by atoms with van der Waals surface area (Å²) in [6, 6.07) is 0. The van der Waals surface area contributed by atoms with Crippen molar-refractivity contribution in [2.24, 2.45) is 17.8 Å². The average molecular weight is 248 g/mol. The van der Waals surface area contributed by atoms with Crippen molar-refractivity contribution in [3.05, 3.63) is 0 Å². The van der Waals surface area contributed by atoms with Crippen LogP contribution in [0.4, 0.5) is 0 Å². The van der Waals surface area contributed by atoms with E-state index < -0.39 is 10.1 Å². The maximum absolute atomic E-state index is 10.6. The van der Waals surface area contributed by atoms with Gasteiger partial charge in [-0.2, -0.15) is 8.42 Å². The number of hydrogen-bond acceptors (Lipinski definition) is 2. The molecular formula is C12H24O3S. The molecule has 0 heterocycles. The third-order valence-electron chi connectivity index (χ3n) is 3.85. The van der Waals surface area contributed by atoms with Crippen LogP contribution in [0.5, 0.6) is 0 Å². The maximum atomic E-state index is 10.6. The monoisotopic (exact) mass is 248 g/mol. The fraction of sp³-hybridized carbons (Fsp3) is 1.00. The summed E-state index contributed by atoms with van der Waals surface area (Å²) in [4.78, 5) is 0. The molecule has 1 aliphatic rings. The van der Waals surface area contributed by atoms with Crippen molar-refractivity contribution in [3.8, 4) is 0 Å². The summed E-state index contributed by atoms with van der Waals surface area (Å²) in [6.07, 6.45) is 6.55. The van der Waals surface area contributed by atoms with Gasteiger partial charge in [-0.05, 0) is 30.6 Å². The Labute approximate surface area is 99.4 Å². The van der Waals surface area contributed by atoms with Gasteiger partial charge in [0.15, 0.2) is 0 Å². The lowest BCUT2D eigenvalue weighted by molar-refractivity contribution is 0.190. The highest BCUT2D eigenvalue weighted by molar-refractivity contribution is 7.85. The molecule has 0 bridgehead atoms. The predicted octanol–water partition coefficient (Wildman–Crippen LogP) is 3.12. The summed E-state index contributed by atoms with van der Waals surface area (Å²) in [5, 5.41) is 0. The Bertz CT molecular complexity index is 297. The highest BCUT2D eigenvalue weighted by Crippen LogP contribution is 2.36. The fourth-order valence-corrected chi connectivity index (χ4v) is 3.31. The second-order valence-electron chi connectivity index (χ2n) is 5.44. The molecular weight excluding hydrogens is 224 g/mol. The van der Waals surface area contributed by atoms with Crippen molar-refractivity contribution in [2.75, 3.05) is 5.75 Å². The van der Waals surface area contributed by atoms with E-state index in [0.717, 1.165) is 30.6 Å². The molecule has 0 aromatic heterocycles. The summed E-state index contributed by atoms with van der Waals surface area (Å²) < 4.78 is 29.7. The van der Waals surface area contributed by atoms with Gasteiger partial charge in [0.1, 0.15) is 0 Å². The topological polar surface area (TPSA) is 54.4 Å². The zero-order chi connectivity index (χ0) is 12.2. The third kappa shape index (κ3) is 5.30. The van der Waals surface area contributed by atoms with Crippen LogP contribution in [0.25, 0.3) is 0 Å². The zero-order valence-electron chi connectivity index (χ0n) is 10.4. The van der Waals surface area contributed by atoms with Gasteiger partial charge in [-0.25, -0.2) is 0 Å². The van der Waals surface area contributed by atoms with Gasteiger partial charge < -0.3 is 0 Å². The van der Waals surface area contributed by atoms with Crippen LogP contribution in [-0.4, -0.2) is 18.7 Å². The molecule has 16 heavy (non-hydrogen) atoms. The number of hydrogen-bond donors (Lipinski definition) is 1. The molecule has 4 heteroatoms. The SMILES string of the molecule is C[C@@H]1CC[C@H](C)[C@H](CCCCS(=O)(=O)O)C1. The molecule has 1 fully saturated rings. The first kappa shape index (κ1) is 14.0. The molecule has 0 spiro atoms. The van der Waals surface area contributed by atoms with Gasteiger partial charge in [-0.3, -0.25) is 4.55 Å². The van der Waals surface area contributed by atoms with Gasteiger partial charge in [0.25, 0.3) is 10.1 Å². The summed E-state index contributed by atoms with van der Waals surface area (Å²) in [7, 11) is -3.75. The Morgan fingerprint density at radius 3 is 2.50 bits per heavy atom. The van der Waals surface area contributed by atoms with E-state index >= 15 is 0 Å². The summed E-state index contributed by atoms with van der Waals surface area (Å²) in [5.74, 6) is 2.28. The molecule has 0 unspecified atom stereocenters. The summed E-state index contributed by atoms with van der Waals surface area (Å²) in [6.45, 7) is 4.61. The van der Waals surface area contributed by atoms with Gasteiger partial charge >= 0.3 is 0 Å². The fourth-order valence-electron chi connectivity index (χ4n) is 2.74.